The Morgan fingerprint density at radius 1 is 1.47 bits per heavy atom. The molecule has 2 rings (SSSR count). The molecule has 1 heterocycles. The molecule has 0 bridgehead atoms. The number of nitriles is 1. The van der Waals surface area contributed by atoms with Crippen molar-refractivity contribution in [2.75, 3.05) is 0 Å². The highest BCUT2D eigenvalue weighted by Gasteiger charge is 2.10. The van der Waals surface area contributed by atoms with Crippen LogP contribution < -0.4 is 4.74 Å². The van der Waals surface area contributed by atoms with Crippen LogP contribution in [0.1, 0.15) is 30.6 Å². The molecule has 0 saturated carbocycles. The molecule has 0 spiro atoms. The Hall–Kier alpha value is -2.06. The van der Waals surface area contributed by atoms with Crippen LogP contribution in [0.15, 0.2) is 22.7 Å². The van der Waals surface area contributed by atoms with Crippen molar-refractivity contribution in [2.24, 2.45) is 0 Å². The van der Waals surface area contributed by atoms with E-state index in [1.165, 1.54) is 0 Å². The van der Waals surface area contributed by atoms with Gasteiger partial charge in [-0.2, -0.15) is 10.2 Å². The highest BCUT2D eigenvalue weighted by molar-refractivity contribution is 6.31. The average molecular weight is 278 g/mol. The summed E-state index contributed by atoms with van der Waals surface area (Å²) in [5.41, 5.74) is 0.307. The lowest BCUT2D eigenvalue weighted by Crippen LogP contribution is -1.99. The third-order valence-electron chi connectivity index (χ3n) is 2.42. The summed E-state index contributed by atoms with van der Waals surface area (Å²) in [4.78, 5) is 4.17. The Kier molecular flexibility index (Phi) is 4.37. The van der Waals surface area contributed by atoms with E-state index in [4.69, 9.17) is 26.1 Å². The molecule has 0 atom stereocenters. The van der Waals surface area contributed by atoms with Crippen LogP contribution in [0.2, 0.25) is 5.02 Å². The number of nitrogens with zero attached hydrogens (tertiary/aromatic N) is 3. The van der Waals surface area contributed by atoms with Gasteiger partial charge in [-0.15, -0.1) is 0 Å². The van der Waals surface area contributed by atoms with Gasteiger partial charge in [0.25, 0.3) is 0 Å². The maximum absolute atomic E-state index is 9.01. The molecule has 0 unspecified atom stereocenters. The summed E-state index contributed by atoms with van der Waals surface area (Å²) in [6.45, 7) is 2.17. The molecule has 0 aliphatic heterocycles. The van der Waals surface area contributed by atoms with Gasteiger partial charge in [0.1, 0.15) is 17.4 Å². The summed E-state index contributed by atoms with van der Waals surface area (Å²) in [6.07, 6.45) is 1.68. The zero-order valence-electron chi connectivity index (χ0n) is 10.4. The molecule has 5 nitrogen and oxygen atoms in total. The van der Waals surface area contributed by atoms with Crippen LogP contribution in [0.25, 0.3) is 0 Å². The minimum absolute atomic E-state index is 0.141. The highest BCUT2D eigenvalue weighted by Crippen LogP contribution is 2.25. The van der Waals surface area contributed by atoms with Crippen molar-refractivity contribution in [3.63, 3.8) is 0 Å². The molecule has 19 heavy (non-hydrogen) atoms. The van der Waals surface area contributed by atoms with E-state index in [0.29, 0.717) is 28.1 Å². The zero-order chi connectivity index (χ0) is 13.7. The van der Waals surface area contributed by atoms with Crippen molar-refractivity contribution in [1.82, 2.24) is 10.1 Å². The lowest BCUT2D eigenvalue weighted by Gasteiger charge is -2.05. The molecule has 0 fully saturated rings. The van der Waals surface area contributed by atoms with Gasteiger partial charge in [-0.1, -0.05) is 29.7 Å². The number of ether oxygens (including phenoxy) is 1. The summed E-state index contributed by atoms with van der Waals surface area (Å²) < 4.78 is 10.5. The number of rotatable bonds is 5. The Bertz CT molecular complexity index is 604. The van der Waals surface area contributed by atoms with E-state index in [2.05, 4.69) is 10.1 Å². The van der Waals surface area contributed by atoms with Gasteiger partial charge in [0.05, 0.1) is 5.02 Å². The highest BCUT2D eigenvalue weighted by atomic mass is 35.5. The Morgan fingerprint density at radius 2 is 2.32 bits per heavy atom. The standard InChI is InChI=1S/C13H12ClN3O2/c1-2-4-13-16-12(17-19-13)8-18-11-6-3-5-10(14)9(11)7-15/h3,5-6H,2,4,8H2,1H3. The smallest absolute Gasteiger partial charge is 0.226 e. The number of hydrogen-bond acceptors (Lipinski definition) is 5. The maximum Gasteiger partial charge on any atom is 0.226 e. The second kappa shape index (κ2) is 6.21. The maximum atomic E-state index is 9.01. The van der Waals surface area contributed by atoms with Gasteiger partial charge in [0.15, 0.2) is 6.61 Å². The molecule has 1 aromatic carbocycles. The minimum atomic E-state index is 0.141. The summed E-state index contributed by atoms with van der Waals surface area (Å²) in [5.74, 6) is 1.46. The van der Waals surface area contributed by atoms with Gasteiger partial charge in [-0.25, -0.2) is 0 Å². The second-order valence-electron chi connectivity index (χ2n) is 3.87. The van der Waals surface area contributed by atoms with Gasteiger partial charge in [0.2, 0.25) is 11.7 Å². The molecule has 98 valence electrons. The number of hydrogen-bond donors (Lipinski definition) is 0. The molecule has 0 saturated heterocycles. The third kappa shape index (κ3) is 3.24. The predicted molar refractivity (Wildman–Crippen MR) is 68.8 cm³/mol. The molecule has 0 amide bonds. The molecule has 1 aromatic heterocycles. The number of benzene rings is 1. The topological polar surface area (TPSA) is 71.9 Å². The molecule has 0 N–H and O–H groups in total. The molecule has 2 aromatic rings. The van der Waals surface area contributed by atoms with E-state index < -0.39 is 0 Å². The predicted octanol–water partition coefficient (Wildman–Crippen LogP) is 3.13. The number of aryl methyl sites for hydroxylation is 1. The van der Waals surface area contributed by atoms with E-state index in [-0.39, 0.29) is 6.61 Å². The van der Waals surface area contributed by atoms with Crippen LogP contribution in [-0.2, 0) is 13.0 Å². The van der Waals surface area contributed by atoms with E-state index in [9.17, 15) is 0 Å². The Morgan fingerprint density at radius 3 is 3.05 bits per heavy atom. The minimum Gasteiger partial charge on any atom is -0.484 e. The molecular formula is C13H12ClN3O2. The van der Waals surface area contributed by atoms with Crippen molar-refractivity contribution in [3.8, 4) is 11.8 Å². The fraction of sp³-hybridized carbons (Fsp3) is 0.308. The summed E-state index contributed by atoms with van der Waals surface area (Å²) in [7, 11) is 0. The van der Waals surface area contributed by atoms with Gasteiger partial charge in [0, 0.05) is 6.42 Å². The van der Waals surface area contributed by atoms with Crippen molar-refractivity contribution in [2.45, 2.75) is 26.4 Å². The van der Waals surface area contributed by atoms with Crippen LogP contribution in [0, 0.1) is 11.3 Å². The van der Waals surface area contributed by atoms with Crippen LogP contribution in [-0.4, -0.2) is 10.1 Å². The SMILES string of the molecule is CCCc1nc(COc2cccc(Cl)c2C#N)no1. The molecule has 0 aliphatic carbocycles. The van der Waals surface area contributed by atoms with E-state index in [1.807, 2.05) is 13.0 Å². The van der Waals surface area contributed by atoms with Crippen molar-refractivity contribution in [1.29, 1.82) is 5.26 Å². The van der Waals surface area contributed by atoms with Gasteiger partial charge >= 0.3 is 0 Å². The summed E-state index contributed by atoms with van der Waals surface area (Å²) in [5, 5.41) is 13.2. The zero-order valence-corrected chi connectivity index (χ0v) is 11.1. The van der Waals surface area contributed by atoms with E-state index >= 15 is 0 Å². The molecule has 0 aliphatic rings. The van der Waals surface area contributed by atoms with Crippen LogP contribution >= 0.6 is 11.6 Å². The fourth-order valence-electron chi connectivity index (χ4n) is 1.54. The summed E-state index contributed by atoms with van der Waals surface area (Å²) in [6, 6.07) is 7.04. The third-order valence-corrected chi connectivity index (χ3v) is 2.73. The van der Waals surface area contributed by atoms with Crippen LogP contribution in [0.3, 0.4) is 0 Å². The monoisotopic (exact) mass is 277 g/mol. The van der Waals surface area contributed by atoms with Crippen LogP contribution in [0.5, 0.6) is 5.75 Å². The quantitative estimate of drug-likeness (QED) is 0.839. The number of halogens is 1. The second-order valence-corrected chi connectivity index (χ2v) is 4.27. The van der Waals surface area contributed by atoms with Gasteiger partial charge in [-0.3, -0.25) is 0 Å². The van der Waals surface area contributed by atoms with Crippen molar-refractivity contribution in [3.05, 3.63) is 40.5 Å². The van der Waals surface area contributed by atoms with Crippen LogP contribution in [0.4, 0.5) is 0 Å². The Balaban J connectivity index is 2.06. The van der Waals surface area contributed by atoms with Crippen molar-refractivity contribution < 1.29 is 9.26 Å². The average Bonchev–Trinajstić information content (AvgIpc) is 2.84. The first-order chi connectivity index (χ1) is 9.24. The first kappa shape index (κ1) is 13.4. The van der Waals surface area contributed by atoms with Gasteiger partial charge in [-0.05, 0) is 18.6 Å². The number of aromatic nitrogens is 2. The Labute approximate surface area is 115 Å². The lowest BCUT2D eigenvalue weighted by atomic mass is 10.2. The first-order valence-electron chi connectivity index (χ1n) is 5.87. The molecular weight excluding hydrogens is 266 g/mol. The molecule has 6 heteroatoms. The summed E-state index contributed by atoms with van der Waals surface area (Å²) >= 11 is 5.90. The van der Waals surface area contributed by atoms with Gasteiger partial charge < -0.3 is 9.26 Å². The van der Waals surface area contributed by atoms with E-state index in [0.717, 1.165) is 12.8 Å². The van der Waals surface area contributed by atoms with Crippen molar-refractivity contribution >= 4 is 11.6 Å². The normalized spacial score (nSPS) is 10.2. The largest absolute Gasteiger partial charge is 0.484 e. The molecule has 0 radical (unpaired) electrons. The fourth-order valence-corrected chi connectivity index (χ4v) is 1.75. The first-order valence-corrected chi connectivity index (χ1v) is 6.25. The van der Waals surface area contributed by atoms with E-state index in [1.54, 1.807) is 18.2 Å². The lowest BCUT2D eigenvalue weighted by molar-refractivity contribution is 0.284.